The molecule has 2 saturated heterocycles. The quantitative estimate of drug-likeness (QED) is 0.510. The fourth-order valence-corrected chi connectivity index (χ4v) is 5.80. The van der Waals surface area contributed by atoms with Crippen LogP contribution in [-0.2, 0) is 9.59 Å². The van der Waals surface area contributed by atoms with Crippen molar-refractivity contribution in [3.8, 4) is 0 Å². The van der Waals surface area contributed by atoms with Crippen molar-refractivity contribution >= 4 is 35.4 Å². The van der Waals surface area contributed by atoms with E-state index in [0.717, 1.165) is 36.3 Å². The maximum Gasteiger partial charge on any atom is 0.315 e. The van der Waals surface area contributed by atoms with Crippen LogP contribution < -0.4 is 15.5 Å². The van der Waals surface area contributed by atoms with E-state index in [1.807, 2.05) is 30.0 Å². The lowest BCUT2D eigenvalue weighted by molar-refractivity contribution is -0.138. The van der Waals surface area contributed by atoms with Gasteiger partial charge < -0.3 is 20.6 Å². The smallest absolute Gasteiger partial charge is 0.315 e. The van der Waals surface area contributed by atoms with Crippen LogP contribution in [0.3, 0.4) is 0 Å². The average molecular weight is 389 g/mol. The molecule has 3 amide bonds. The Labute approximate surface area is 161 Å². The number of carbonyl (C=O) groups is 3. The van der Waals surface area contributed by atoms with Gasteiger partial charge in [-0.05, 0) is 24.5 Å². The third kappa shape index (κ3) is 3.50. The number of rotatable bonds is 6. The number of aliphatic carboxylic acids is 1. The molecule has 0 aromatic heterocycles. The minimum atomic E-state index is -0.891. The summed E-state index contributed by atoms with van der Waals surface area (Å²) in [5, 5.41) is 15.7. The van der Waals surface area contributed by atoms with E-state index in [2.05, 4.69) is 10.6 Å². The molecule has 0 saturated carbocycles. The van der Waals surface area contributed by atoms with Gasteiger partial charge in [-0.3, -0.25) is 9.59 Å². The SMILES string of the molecule is O=C1N[C@H]2[C@H](CS[C@H]2CCCCC(=O)N2CC(C(=O)O)c3ccccc32)N1. The van der Waals surface area contributed by atoms with Crippen LogP contribution >= 0.6 is 11.8 Å². The van der Waals surface area contributed by atoms with E-state index < -0.39 is 11.9 Å². The number of hydrogen-bond acceptors (Lipinski definition) is 4. The van der Waals surface area contributed by atoms with Crippen molar-refractivity contribution in [2.75, 3.05) is 17.2 Å². The summed E-state index contributed by atoms with van der Waals surface area (Å²) in [5.74, 6) is -0.610. The number of unbranched alkanes of at least 4 members (excludes halogenated alkanes) is 1. The first-order chi connectivity index (χ1) is 13.0. The van der Waals surface area contributed by atoms with Crippen molar-refractivity contribution in [1.82, 2.24) is 10.6 Å². The van der Waals surface area contributed by atoms with Crippen molar-refractivity contribution in [2.24, 2.45) is 0 Å². The molecular weight excluding hydrogens is 366 g/mol. The predicted molar refractivity (Wildman–Crippen MR) is 103 cm³/mol. The number of anilines is 1. The molecule has 3 aliphatic rings. The molecule has 4 rings (SSSR count). The van der Waals surface area contributed by atoms with Gasteiger partial charge in [0.05, 0.1) is 12.1 Å². The van der Waals surface area contributed by atoms with Crippen LogP contribution in [0.5, 0.6) is 0 Å². The maximum atomic E-state index is 12.7. The molecule has 7 nitrogen and oxygen atoms in total. The molecule has 1 aromatic rings. The first-order valence-corrected chi connectivity index (χ1v) is 10.4. The predicted octanol–water partition coefficient (Wildman–Crippen LogP) is 1.93. The molecule has 3 heterocycles. The monoisotopic (exact) mass is 389 g/mol. The average Bonchev–Trinajstić information content (AvgIpc) is 3.31. The van der Waals surface area contributed by atoms with Gasteiger partial charge in [0.2, 0.25) is 5.91 Å². The summed E-state index contributed by atoms with van der Waals surface area (Å²) in [4.78, 5) is 37.2. The third-order valence-electron chi connectivity index (χ3n) is 5.63. The molecule has 0 spiro atoms. The number of urea groups is 1. The number of carboxylic acids is 1. The molecule has 3 N–H and O–H groups in total. The van der Waals surface area contributed by atoms with Gasteiger partial charge in [0.25, 0.3) is 0 Å². The van der Waals surface area contributed by atoms with Crippen molar-refractivity contribution in [1.29, 1.82) is 0 Å². The number of hydrogen-bond donors (Lipinski definition) is 3. The van der Waals surface area contributed by atoms with E-state index >= 15 is 0 Å². The molecule has 0 bridgehead atoms. The van der Waals surface area contributed by atoms with Crippen molar-refractivity contribution in [3.05, 3.63) is 29.8 Å². The lowest BCUT2D eigenvalue weighted by atomic mass is 10.0. The summed E-state index contributed by atoms with van der Waals surface area (Å²) >= 11 is 1.88. The van der Waals surface area contributed by atoms with Crippen LogP contribution in [0.15, 0.2) is 24.3 Å². The topological polar surface area (TPSA) is 98.7 Å². The molecule has 8 heteroatoms. The zero-order valence-electron chi connectivity index (χ0n) is 14.9. The van der Waals surface area contributed by atoms with Crippen molar-refractivity contribution in [2.45, 2.75) is 48.9 Å². The molecule has 3 aliphatic heterocycles. The van der Waals surface area contributed by atoms with Gasteiger partial charge in [-0.15, -0.1) is 0 Å². The van der Waals surface area contributed by atoms with Crippen LogP contribution in [0.2, 0.25) is 0 Å². The highest BCUT2D eigenvalue weighted by Gasteiger charge is 2.42. The molecule has 1 unspecified atom stereocenters. The molecule has 4 atom stereocenters. The van der Waals surface area contributed by atoms with E-state index in [-0.39, 0.29) is 30.6 Å². The molecule has 2 fully saturated rings. The number of benzene rings is 1. The summed E-state index contributed by atoms with van der Waals surface area (Å²) in [6.45, 7) is 0.216. The number of carbonyl (C=O) groups excluding carboxylic acids is 2. The van der Waals surface area contributed by atoms with Crippen molar-refractivity contribution in [3.63, 3.8) is 0 Å². The maximum absolute atomic E-state index is 12.7. The second kappa shape index (κ2) is 7.42. The molecule has 144 valence electrons. The van der Waals surface area contributed by atoms with E-state index in [1.165, 1.54) is 0 Å². The minimum absolute atomic E-state index is 0.0148. The van der Waals surface area contributed by atoms with Crippen LogP contribution in [0.25, 0.3) is 0 Å². The lowest BCUT2D eigenvalue weighted by Gasteiger charge is -2.19. The number of nitrogens with zero attached hydrogens (tertiary/aromatic N) is 1. The zero-order chi connectivity index (χ0) is 19.0. The van der Waals surface area contributed by atoms with E-state index in [0.29, 0.717) is 11.7 Å². The molecule has 0 radical (unpaired) electrons. The fraction of sp³-hybridized carbons (Fsp3) is 0.526. The fourth-order valence-electron chi connectivity index (χ4n) is 4.25. The number of nitrogens with one attached hydrogen (secondary N) is 2. The first kappa shape index (κ1) is 18.2. The highest BCUT2D eigenvalue weighted by molar-refractivity contribution is 8.00. The standard InChI is InChI=1S/C19H23N3O4S/c23-16(22-9-12(18(24)25)11-5-1-2-6-14(11)22)8-4-3-7-15-17-13(10-27-15)20-19(26)21-17/h1-2,5-6,12-13,15,17H,3-4,7-10H2,(H,24,25)(H2,20,21,26)/t12?,13-,15-,17-/m0/s1. The van der Waals surface area contributed by atoms with Gasteiger partial charge in [-0.25, -0.2) is 4.79 Å². The highest BCUT2D eigenvalue weighted by Crippen LogP contribution is 2.37. The third-order valence-corrected chi connectivity index (χ3v) is 7.14. The Hall–Kier alpha value is -2.22. The zero-order valence-corrected chi connectivity index (χ0v) is 15.7. The Morgan fingerprint density at radius 1 is 1.22 bits per heavy atom. The molecule has 0 aliphatic carbocycles. The normalized spacial score (nSPS) is 28.4. The van der Waals surface area contributed by atoms with Gasteiger partial charge in [-0.2, -0.15) is 11.8 Å². The first-order valence-electron chi connectivity index (χ1n) is 9.35. The Morgan fingerprint density at radius 2 is 2.04 bits per heavy atom. The Balaban J connectivity index is 1.28. The second-order valence-electron chi connectivity index (χ2n) is 7.32. The summed E-state index contributed by atoms with van der Waals surface area (Å²) < 4.78 is 0. The number of para-hydroxylation sites is 1. The molecule has 1 aromatic carbocycles. The van der Waals surface area contributed by atoms with Gasteiger partial charge in [0, 0.05) is 29.7 Å². The molecule has 27 heavy (non-hydrogen) atoms. The van der Waals surface area contributed by atoms with Crippen LogP contribution in [0.1, 0.15) is 37.2 Å². The van der Waals surface area contributed by atoms with Gasteiger partial charge in [0.1, 0.15) is 5.92 Å². The summed E-state index contributed by atoms with van der Waals surface area (Å²) in [7, 11) is 0. The van der Waals surface area contributed by atoms with Crippen LogP contribution in [-0.4, -0.2) is 52.6 Å². The van der Waals surface area contributed by atoms with Gasteiger partial charge >= 0.3 is 12.0 Å². The highest BCUT2D eigenvalue weighted by atomic mass is 32.2. The summed E-state index contributed by atoms with van der Waals surface area (Å²) in [6.07, 6.45) is 3.07. The Bertz CT molecular complexity index is 771. The summed E-state index contributed by atoms with van der Waals surface area (Å²) in [6, 6.07) is 7.60. The number of amides is 3. The number of carboxylic acid groups (broad SMARTS) is 1. The molecular formula is C19H23N3O4S. The van der Waals surface area contributed by atoms with Gasteiger partial charge in [0.15, 0.2) is 0 Å². The van der Waals surface area contributed by atoms with E-state index in [1.54, 1.807) is 11.0 Å². The number of thioether (sulfide) groups is 1. The Morgan fingerprint density at radius 3 is 2.85 bits per heavy atom. The van der Waals surface area contributed by atoms with Crippen LogP contribution in [0.4, 0.5) is 10.5 Å². The Kier molecular flexibility index (Phi) is 4.99. The minimum Gasteiger partial charge on any atom is -0.481 e. The second-order valence-corrected chi connectivity index (χ2v) is 8.59. The lowest BCUT2D eigenvalue weighted by Crippen LogP contribution is -2.36. The van der Waals surface area contributed by atoms with E-state index in [4.69, 9.17) is 0 Å². The van der Waals surface area contributed by atoms with Gasteiger partial charge in [-0.1, -0.05) is 24.6 Å². The van der Waals surface area contributed by atoms with Crippen LogP contribution in [0, 0.1) is 0 Å². The van der Waals surface area contributed by atoms with E-state index in [9.17, 15) is 19.5 Å². The van der Waals surface area contributed by atoms with Crippen molar-refractivity contribution < 1.29 is 19.5 Å². The largest absolute Gasteiger partial charge is 0.481 e. The number of fused-ring (bicyclic) bond motifs is 2. The summed E-state index contributed by atoms with van der Waals surface area (Å²) in [5.41, 5.74) is 1.44.